The summed E-state index contributed by atoms with van der Waals surface area (Å²) in [6, 6.07) is 6.83. The smallest absolute Gasteiger partial charge is 0.341 e. The second-order valence-electron chi connectivity index (χ2n) is 4.51. The lowest BCUT2D eigenvalue weighted by Crippen LogP contribution is -2.11. The summed E-state index contributed by atoms with van der Waals surface area (Å²) in [6.07, 6.45) is 1.91. The summed E-state index contributed by atoms with van der Waals surface area (Å²) < 4.78 is 20.1. The Labute approximate surface area is 127 Å². The quantitative estimate of drug-likeness (QED) is 0.471. The Hall–Kier alpha value is -2.76. The minimum Gasteiger partial charge on any atom is -0.497 e. The van der Waals surface area contributed by atoms with Crippen LogP contribution in [0.4, 0.5) is 0 Å². The molecule has 6 heteroatoms. The normalized spacial score (nSPS) is 17.6. The minimum atomic E-state index is -0.842. The topological polar surface area (TPSA) is 71.1 Å². The van der Waals surface area contributed by atoms with Gasteiger partial charge in [-0.2, -0.15) is 0 Å². The SMILES string of the molecule is COC(=O)/C(=C/OC1C=C(C)C(=O)O1)c1ccc(OC)cc1. The van der Waals surface area contributed by atoms with Crippen LogP contribution in [0.25, 0.3) is 5.57 Å². The highest BCUT2D eigenvalue weighted by atomic mass is 16.7. The highest BCUT2D eigenvalue weighted by molar-refractivity contribution is 6.16. The van der Waals surface area contributed by atoms with Crippen molar-refractivity contribution in [3.8, 4) is 5.75 Å². The van der Waals surface area contributed by atoms with Gasteiger partial charge >= 0.3 is 11.9 Å². The van der Waals surface area contributed by atoms with E-state index in [2.05, 4.69) is 0 Å². The molecule has 0 radical (unpaired) electrons. The molecule has 0 amide bonds. The van der Waals surface area contributed by atoms with Gasteiger partial charge in [-0.05, 0) is 24.6 Å². The number of benzene rings is 1. The van der Waals surface area contributed by atoms with E-state index in [0.29, 0.717) is 16.9 Å². The largest absolute Gasteiger partial charge is 0.497 e. The summed E-state index contributed by atoms with van der Waals surface area (Å²) in [5.74, 6) is -0.338. The molecule has 0 bridgehead atoms. The molecule has 0 spiro atoms. The Morgan fingerprint density at radius 3 is 2.41 bits per heavy atom. The van der Waals surface area contributed by atoms with E-state index in [1.165, 1.54) is 19.4 Å². The number of carbonyl (C=O) groups excluding carboxylic acids is 2. The van der Waals surface area contributed by atoms with Gasteiger partial charge in [-0.1, -0.05) is 12.1 Å². The molecular formula is C16H16O6. The van der Waals surface area contributed by atoms with Gasteiger partial charge in [-0.15, -0.1) is 0 Å². The zero-order chi connectivity index (χ0) is 16.1. The fraction of sp³-hybridized carbons (Fsp3) is 0.250. The van der Waals surface area contributed by atoms with Crippen LogP contribution in [0.3, 0.4) is 0 Å². The molecule has 0 aromatic heterocycles. The minimum absolute atomic E-state index is 0.208. The molecule has 116 valence electrons. The van der Waals surface area contributed by atoms with Crippen molar-refractivity contribution in [3.63, 3.8) is 0 Å². The van der Waals surface area contributed by atoms with Crippen LogP contribution in [0.1, 0.15) is 12.5 Å². The lowest BCUT2D eigenvalue weighted by molar-refractivity contribution is -0.152. The third-order valence-electron chi connectivity index (χ3n) is 3.06. The van der Waals surface area contributed by atoms with Crippen molar-refractivity contribution in [2.75, 3.05) is 14.2 Å². The summed E-state index contributed by atoms with van der Waals surface area (Å²) in [7, 11) is 2.83. The first-order chi connectivity index (χ1) is 10.5. The van der Waals surface area contributed by atoms with E-state index in [1.807, 2.05) is 0 Å². The molecule has 22 heavy (non-hydrogen) atoms. The number of rotatable bonds is 5. The van der Waals surface area contributed by atoms with E-state index in [0.717, 1.165) is 0 Å². The first-order valence-corrected chi connectivity index (χ1v) is 6.53. The highest BCUT2D eigenvalue weighted by Crippen LogP contribution is 2.22. The Morgan fingerprint density at radius 1 is 1.23 bits per heavy atom. The summed E-state index contributed by atoms with van der Waals surface area (Å²) in [5.41, 5.74) is 1.26. The third-order valence-corrected chi connectivity index (χ3v) is 3.06. The number of carbonyl (C=O) groups is 2. The Morgan fingerprint density at radius 2 is 1.91 bits per heavy atom. The fourth-order valence-electron chi connectivity index (χ4n) is 1.82. The van der Waals surface area contributed by atoms with Crippen molar-refractivity contribution in [2.45, 2.75) is 13.2 Å². The summed E-state index contributed by atoms with van der Waals surface area (Å²) in [6.45, 7) is 1.63. The number of hydrogen-bond donors (Lipinski definition) is 0. The van der Waals surface area contributed by atoms with Crippen molar-refractivity contribution < 1.29 is 28.5 Å². The van der Waals surface area contributed by atoms with Gasteiger partial charge in [0.05, 0.1) is 14.2 Å². The summed E-state index contributed by atoms with van der Waals surface area (Å²) in [5, 5.41) is 0. The van der Waals surface area contributed by atoms with Crippen molar-refractivity contribution in [1.82, 2.24) is 0 Å². The van der Waals surface area contributed by atoms with E-state index < -0.39 is 18.2 Å². The summed E-state index contributed by atoms with van der Waals surface area (Å²) >= 11 is 0. The van der Waals surface area contributed by atoms with Crippen LogP contribution in [-0.2, 0) is 23.8 Å². The van der Waals surface area contributed by atoms with Gasteiger partial charge in [0.15, 0.2) is 0 Å². The van der Waals surface area contributed by atoms with Gasteiger partial charge in [0.25, 0.3) is 6.29 Å². The first kappa shape index (κ1) is 15.6. The zero-order valence-electron chi connectivity index (χ0n) is 12.5. The predicted molar refractivity (Wildman–Crippen MR) is 77.7 cm³/mol. The van der Waals surface area contributed by atoms with Crippen molar-refractivity contribution >= 4 is 17.5 Å². The van der Waals surface area contributed by atoms with E-state index in [9.17, 15) is 9.59 Å². The number of esters is 2. The molecule has 1 aliphatic heterocycles. The van der Waals surface area contributed by atoms with Crippen LogP contribution < -0.4 is 4.74 Å². The third kappa shape index (κ3) is 3.46. The van der Waals surface area contributed by atoms with Gasteiger partial charge in [-0.3, -0.25) is 0 Å². The fourth-order valence-corrected chi connectivity index (χ4v) is 1.82. The molecule has 0 fully saturated rings. The zero-order valence-corrected chi connectivity index (χ0v) is 12.5. The van der Waals surface area contributed by atoms with E-state index in [4.69, 9.17) is 18.9 Å². The van der Waals surface area contributed by atoms with E-state index in [1.54, 1.807) is 38.3 Å². The van der Waals surface area contributed by atoms with Crippen LogP contribution in [0, 0.1) is 0 Å². The molecule has 1 unspecified atom stereocenters. The second-order valence-corrected chi connectivity index (χ2v) is 4.51. The maximum atomic E-state index is 11.9. The lowest BCUT2D eigenvalue weighted by atomic mass is 10.1. The molecule has 1 aromatic carbocycles. The number of cyclic esters (lactones) is 1. The molecule has 0 saturated carbocycles. The monoisotopic (exact) mass is 304 g/mol. The van der Waals surface area contributed by atoms with Gasteiger partial charge in [0.1, 0.15) is 17.6 Å². The Balaban J connectivity index is 2.20. The maximum absolute atomic E-state index is 11.9. The average molecular weight is 304 g/mol. The van der Waals surface area contributed by atoms with Crippen LogP contribution in [0.5, 0.6) is 5.75 Å². The standard InChI is InChI=1S/C16H16O6/c1-10-8-14(22-15(10)17)21-9-13(16(18)20-3)11-4-6-12(19-2)7-5-11/h4-9,14H,1-3H3/b13-9+. The van der Waals surface area contributed by atoms with Crippen molar-refractivity contribution in [3.05, 3.63) is 47.7 Å². The van der Waals surface area contributed by atoms with Gasteiger partial charge < -0.3 is 18.9 Å². The Kier molecular flexibility index (Phi) is 4.83. The number of methoxy groups -OCH3 is 2. The molecule has 0 N–H and O–H groups in total. The molecular weight excluding hydrogens is 288 g/mol. The molecule has 1 aromatic rings. The van der Waals surface area contributed by atoms with Gasteiger partial charge in [0.2, 0.25) is 0 Å². The maximum Gasteiger partial charge on any atom is 0.341 e. The number of hydrogen-bond acceptors (Lipinski definition) is 6. The van der Waals surface area contributed by atoms with Crippen molar-refractivity contribution in [1.29, 1.82) is 0 Å². The predicted octanol–water partition coefficient (Wildman–Crippen LogP) is 2.05. The second kappa shape index (κ2) is 6.80. The van der Waals surface area contributed by atoms with E-state index in [-0.39, 0.29) is 5.57 Å². The molecule has 1 heterocycles. The number of ether oxygens (including phenoxy) is 4. The van der Waals surface area contributed by atoms with Crippen LogP contribution in [-0.4, -0.2) is 32.4 Å². The van der Waals surface area contributed by atoms with Crippen LogP contribution in [0.15, 0.2) is 42.2 Å². The molecule has 0 saturated heterocycles. The Bertz CT molecular complexity index is 627. The van der Waals surface area contributed by atoms with Crippen LogP contribution >= 0.6 is 0 Å². The highest BCUT2D eigenvalue weighted by Gasteiger charge is 2.23. The van der Waals surface area contributed by atoms with Gasteiger partial charge in [-0.25, -0.2) is 9.59 Å². The van der Waals surface area contributed by atoms with Crippen LogP contribution in [0.2, 0.25) is 0 Å². The van der Waals surface area contributed by atoms with Crippen molar-refractivity contribution in [2.24, 2.45) is 0 Å². The van der Waals surface area contributed by atoms with Gasteiger partial charge in [0, 0.05) is 11.6 Å². The molecule has 6 nitrogen and oxygen atoms in total. The molecule has 0 aliphatic carbocycles. The first-order valence-electron chi connectivity index (χ1n) is 6.53. The lowest BCUT2D eigenvalue weighted by Gasteiger charge is -2.10. The summed E-state index contributed by atoms with van der Waals surface area (Å²) in [4.78, 5) is 23.1. The molecule has 1 aliphatic rings. The average Bonchev–Trinajstić information content (AvgIpc) is 2.86. The van der Waals surface area contributed by atoms with E-state index >= 15 is 0 Å². The molecule has 2 rings (SSSR count). The molecule has 1 atom stereocenters.